The quantitative estimate of drug-likeness (QED) is 0.169. The lowest BCUT2D eigenvalue weighted by Gasteiger charge is -2.11. The molecule has 7 nitrogen and oxygen atoms in total. The van der Waals surface area contributed by atoms with E-state index >= 15 is 0 Å². The molecule has 0 spiro atoms. The van der Waals surface area contributed by atoms with Gasteiger partial charge in [0.15, 0.2) is 17.3 Å². The summed E-state index contributed by atoms with van der Waals surface area (Å²) in [7, 11) is 0. The summed E-state index contributed by atoms with van der Waals surface area (Å²) >= 11 is 0. The zero-order valence-corrected chi connectivity index (χ0v) is 28.7. The Balaban J connectivity index is 1.16. The van der Waals surface area contributed by atoms with Crippen LogP contribution in [0.2, 0.25) is 0 Å². The molecule has 3 aromatic heterocycles. The summed E-state index contributed by atoms with van der Waals surface area (Å²) in [4.78, 5) is 18.7. The van der Waals surface area contributed by atoms with Crippen molar-refractivity contribution in [1.29, 1.82) is 5.26 Å². The van der Waals surface area contributed by atoms with Crippen LogP contribution in [0.15, 0.2) is 164 Å². The van der Waals surface area contributed by atoms with Crippen molar-refractivity contribution in [3.63, 3.8) is 0 Å². The minimum atomic E-state index is 0.434. The van der Waals surface area contributed by atoms with E-state index in [1.165, 1.54) is 0 Å². The minimum absolute atomic E-state index is 0.434. The van der Waals surface area contributed by atoms with E-state index in [0.29, 0.717) is 28.8 Å². The van der Waals surface area contributed by atoms with Gasteiger partial charge >= 0.3 is 0 Å². The Hall–Kier alpha value is -7.87. The molecule has 10 aromatic rings. The van der Waals surface area contributed by atoms with Gasteiger partial charge in [0.25, 0.3) is 0 Å². The van der Waals surface area contributed by atoms with Gasteiger partial charge in [0, 0.05) is 43.9 Å². The summed E-state index contributed by atoms with van der Waals surface area (Å²) in [6.07, 6.45) is 0. The number of benzene rings is 7. The lowest BCUT2D eigenvalue weighted by atomic mass is 10.0. The maximum Gasteiger partial charge on any atom is 0.238 e. The van der Waals surface area contributed by atoms with Crippen molar-refractivity contribution in [3.8, 4) is 51.6 Å². The van der Waals surface area contributed by atoms with Gasteiger partial charge < -0.3 is 4.57 Å². The van der Waals surface area contributed by atoms with E-state index < -0.39 is 0 Å². The van der Waals surface area contributed by atoms with E-state index in [0.717, 1.165) is 71.6 Å². The minimum Gasteiger partial charge on any atom is -0.310 e. The number of hydrogen-bond donors (Lipinski definition) is 0. The van der Waals surface area contributed by atoms with Gasteiger partial charge in [-0.15, -0.1) is 0 Å². The number of nitriles is 1. The molecule has 0 aliphatic rings. The second-order valence-electron chi connectivity index (χ2n) is 13.1. The Bertz CT molecular complexity index is 3090. The molecule has 10 rings (SSSR count). The lowest BCUT2D eigenvalue weighted by molar-refractivity contribution is 0.953. The van der Waals surface area contributed by atoms with Crippen molar-refractivity contribution >= 4 is 49.3 Å². The predicted molar refractivity (Wildman–Crippen MR) is 216 cm³/mol. The third-order valence-electron chi connectivity index (χ3n) is 9.99. The molecule has 54 heavy (non-hydrogen) atoms. The van der Waals surface area contributed by atoms with E-state index in [-0.39, 0.29) is 0 Å². The molecule has 0 N–H and O–H groups in total. The Morgan fingerprint density at radius 3 is 1.52 bits per heavy atom. The van der Waals surface area contributed by atoms with E-state index in [1.54, 1.807) is 6.07 Å². The fourth-order valence-corrected chi connectivity index (χ4v) is 7.55. The maximum atomic E-state index is 9.72. The second-order valence-corrected chi connectivity index (χ2v) is 13.1. The largest absolute Gasteiger partial charge is 0.310 e. The van der Waals surface area contributed by atoms with Gasteiger partial charge in [-0.25, -0.2) is 9.83 Å². The topological polar surface area (TPSA) is 76.7 Å². The van der Waals surface area contributed by atoms with Gasteiger partial charge in [-0.3, -0.25) is 4.57 Å². The highest BCUT2D eigenvalue weighted by Crippen LogP contribution is 2.39. The molecule has 0 saturated carbocycles. The van der Waals surface area contributed by atoms with Crippen LogP contribution in [0.5, 0.6) is 0 Å². The summed E-state index contributed by atoms with van der Waals surface area (Å²) in [5.74, 6) is 1.77. The van der Waals surface area contributed by atoms with Crippen LogP contribution in [0.1, 0.15) is 5.56 Å². The molecule has 0 atom stereocenters. The van der Waals surface area contributed by atoms with Gasteiger partial charge in [0.1, 0.15) is 0 Å². The number of rotatable bonds is 5. The molecule has 250 valence electrons. The normalized spacial score (nSPS) is 11.3. The molecule has 0 radical (unpaired) electrons. The van der Waals surface area contributed by atoms with Crippen molar-refractivity contribution in [2.75, 3.05) is 0 Å². The number of fused-ring (bicyclic) bond motifs is 6. The molecule has 0 unspecified atom stereocenters. The van der Waals surface area contributed by atoms with Crippen molar-refractivity contribution < 1.29 is 0 Å². The van der Waals surface area contributed by atoms with Crippen molar-refractivity contribution in [2.24, 2.45) is 0 Å². The van der Waals surface area contributed by atoms with Gasteiger partial charge in [-0.05, 0) is 65.7 Å². The van der Waals surface area contributed by atoms with E-state index in [9.17, 15) is 5.26 Å². The zero-order valence-electron chi connectivity index (χ0n) is 28.7. The van der Waals surface area contributed by atoms with Crippen molar-refractivity contribution in [2.45, 2.75) is 0 Å². The van der Waals surface area contributed by atoms with Crippen LogP contribution >= 0.6 is 0 Å². The lowest BCUT2D eigenvalue weighted by Crippen LogP contribution is -2.06. The van der Waals surface area contributed by atoms with Crippen LogP contribution in [0, 0.1) is 17.9 Å². The smallest absolute Gasteiger partial charge is 0.238 e. The number of hydrogen-bond acceptors (Lipinski definition) is 4. The molecule has 0 fully saturated rings. The first-order chi connectivity index (χ1) is 26.7. The van der Waals surface area contributed by atoms with Crippen LogP contribution in [-0.2, 0) is 0 Å². The fourth-order valence-electron chi connectivity index (χ4n) is 7.55. The highest BCUT2D eigenvalue weighted by Gasteiger charge is 2.19. The van der Waals surface area contributed by atoms with Crippen LogP contribution in [0.3, 0.4) is 0 Å². The van der Waals surface area contributed by atoms with E-state index in [2.05, 4.69) is 86.8 Å². The average Bonchev–Trinajstić information content (AvgIpc) is 3.76. The molecule has 0 bridgehead atoms. The standard InChI is InChI=1S/C47H27N7/c1-49-35-24-30(29-48)25-36(28-35)53-41-18-10-8-16-37(41)39-26-33(20-22-43(39)53)34-21-23-44-40(27-34)38-17-9-11-19-42(38)54(44)47-51-45(31-12-4-2-5-13-31)50-46(52-47)32-14-6-3-7-15-32/h2-28H. The molecule has 7 heteroatoms. The third-order valence-corrected chi connectivity index (χ3v) is 9.99. The maximum absolute atomic E-state index is 9.72. The monoisotopic (exact) mass is 689 g/mol. The SMILES string of the molecule is [C-]#[N+]c1cc(C#N)cc(-n2c3ccccc3c3cc(-c4ccc5c(c4)c4ccccc4n5-c4nc(-c5ccccc5)nc(-c5ccccc5)n4)ccc32)c1. The molecule has 3 heterocycles. The molecule has 7 aromatic carbocycles. The first-order valence-electron chi connectivity index (χ1n) is 17.5. The summed E-state index contributed by atoms with van der Waals surface area (Å²) in [5.41, 5.74) is 9.69. The Morgan fingerprint density at radius 1 is 0.463 bits per heavy atom. The Labute approximate surface area is 310 Å². The van der Waals surface area contributed by atoms with E-state index in [1.807, 2.05) is 91.0 Å². The number of para-hydroxylation sites is 2. The first kappa shape index (κ1) is 30.9. The highest BCUT2D eigenvalue weighted by atomic mass is 15.2. The van der Waals surface area contributed by atoms with Crippen LogP contribution in [0.25, 0.3) is 94.0 Å². The summed E-state index contributed by atoms with van der Waals surface area (Å²) in [6.45, 7) is 7.63. The van der Waals surface area contributed by atoms with Gasteiger partial charge in [-0.2, -0.15) is 15.2 Å². The average molecular weight is 690 g/mol. The molecule has 0 saturated heterocycles. The first-order valence-corrected chi connectivity index (χ1v) is 17.5. The fraction of sp³-hybridized carbons (Fsp3) is 0. The summed E-state index contributed by atoms with van der Waals surface area (Å²) in [5, 5.41) is 14.1. The van der Waals surface area contributed by atoms with Gasteiger partial charge in [0.2, 0.25) is 5.95 Å². The van der Waals surface area contributed by atoms with Crippen LogP contribution in [0.4, 0.5) is 5.69 Å². The molecular formula is C47H27N7. The molecule has 0 amide bonds. The zero-order chi connectivity index (χ0) is 36.2. The van der Waals surface area contributed by atoms with Gasteiger partial charge in [-0.1, -0.05) is 109 Å². The molecule has 0 aliphatic heterocycles. The summed E-state index contributed by atoms with van der Waals surface area (Å²) in [6, 6.07) is 57.3. The second kappa shape index (κ2) is 12.4. The number of aromatic nitrogens is 5. The Morgan fingerprint density at radius 2 is 0.963 bits per heavy atom. The summed E-state index contributed by atoms with van der Waals surface area (Å²) < 4.78 is 4.28. The third kappa shape index (κ3) is 5.00. The Kier molecular flexibility index (Phi) is 7.11. The van der Waals surface area contributed by atoms with Crippen molar-refractivity contribution in [3.05, 3.63) is 181 Å². The van der Waals surface area contributed by atoms with Crippen LogP contribution < -0.4 is 0 Å². The number of nitrogens with zero attached hydrogens (tertiary/aromatic N) is 7. The molecular weight excluding hydrogens is 663 g/mol. The molecule has 0 aliphatic carbocycles. The highest BCUT2D eigenvalue weighted by molar-refractivity contribution is 6.12. The predicted octanol–water partition coefficient (Wildman–Crippen LogP) is 11.5. The van der Waals surface area contributed by atoms with Crippen molar-refractivity contribution in [1.82, 2.24) is 24.1 Å². The van der Waals surface area contributed by atoms with Crippen LogP contribution in [-0.4, -0.2) is 24.1 Å². The van der Waals surface area contributed by atoms with Gasteiger partial charge in [0.05, 0.1) is 34.7 Å². The van der Waals surface area contributed by atoms with E-state index in [4.69, 9.17) is 21.5 Å².